The summed E-state index contributed by atoms with van der Waals surface area (Å²) in [5.74, 6) is -0.951. The smallest absolute Gasteiger partial charge is 0.300 e. The minimum Gasteiger partial charge on any atom is -0.507 e. The van der Waals surface area contributed by atoms with Gasteiger partial charge >= 0.3 is 0 Å². The van der Waals surface area contributed by atoms with Crippen LogP contribution in [0.5, 0.6) is 5.75 Å². The second-order valence-electron chi connectivity index (χ2n) is 7.03. The molecule has 0 bridgehead atoms. The molecule has 1 aliphatic rings. The fourth-order valence-electron chi connectivity index (χ4n) is 3.50. The molecule has 1 fully saturated rings. The highest BCUT2D eigenvalue weighted by Gasteiger charge is 2.47. The minimum atomic E-state index is -0.725. The van der Waals surface area contributed by atoms with Crippen molar-refractivity contribution in [3.05, 3.63) is 87.1 Å². The number of Topliss-reactive ketones (excluding diaryl/α,β-unsaturated/α-hetero) is 1. The van der Waals surface area contributed by atoms with Crippen molar-refractivity contribution in [3.63, 3.8) is 0 Å². The number of thiophene rings is 1. The summed E-state index contributed by atoms with van der Waals surface area (Å²) in [5.41, 5.74) is 1.04. The van der Waals surface area contributed by atoms with Crippen molar-refractivity contribution in [1.82, 2.24) is 0 Å². The molecule has 0 radical (unpaired) electrons. The number of carbonyl (C=O) groups is 2. The first-order valence-electron chi connectivity index (χ1n) is 9.84. The Kier molecular flexibility index (Phi) is 6.11. The normalized spacial score (nSPS) is 17.9. The van der Waals surface area contributed by atoms with Gasteiger partial charge < -0.3 is 9.84 Å². The van der Waals surface area contributed by atoms with Crippen LogP contribution in [0.15, 0.2) is 71.6 Å². The standard InChI is InChI=1S/C24H20ClNO4S/c1-2-13-30-18-11-5-15(6-12-18)22(27)20-21(19-4-3-14-31-19)26(24(29)23(20)28)17-9-7-16(25)8-10-17/h3-12,14,21,27H,2,13H2,1H3/b22-20-. The van der Waals surface area contributed by atoms with Gasteiger partial charge in [-0.2, -0.15) is 0 Å². The summed E-state index contributed by atoms with van der Waals surface area (Å²) in [4.78, 5) is 28.2. The third kappa shape index (κ3) is 4.09. The maximum Gasteiger partial charge on any atom is 0.300 e. The molecular formula is C24H20ClNO4S. The summed E-state index contributed by atoms with van der Waals surface area (Å²) in [7, 11) is 0. The molecule has 1 amide bonds. The van der Waals surface area contributed by atoms with Crippen LogP contribution >= 0.6 is 22.9 Å². The number of carbonyl (C=O) groups excluding carboxylic acids is 2. The number of ketones is 1. The average molecular weight is 454 g/mol. The zero-order valence-electron chi connectivity index (χ0n) is 16.7. The number of halogens is 1. The topological polar surface area (TPSA) is 66.8 Å². The second kappa shape index (κ2) is 8.96. The van der Waals surface area contributed by atoms with E-state index in [-0.39, 0.29) is 11.3 Å². The maximum atomic E-state index is 13.0. The van der Waals surface area contributed by atoms with Gasteiger partial charge in [-0.05, 0) is 66.4 Å². The Hall–Kier alpha value is -3.09. The van der Waals surface area contributed by atoms with Crippen molar-refractivity contribution in [3.8, 4) is 5.75 Å². The van der Waals surface area contributed by atoms with Gasteiger partial charge in [0.25, 0.3) is 11.7 Å². The van der Waals surface area contributed by atoms with Gasteiger partial charge in [-0.1, -0.05) is 24.6 Å². The monoisotopic (exact) mass is 453 g/mol. The number of benzene rings is 2. The fourth-order valence-corrected chi connectivity index (χ4v) is 4.45. The molecule has 1 aliphatic heterocycles. The number of aliphatic hydroxyl groups excluding tert-OH is 1. The molecule has 5 nitrogen and oxygen atoms in total. The molecule has 0 aliphatic carbocycles. The first kappa shape index (κ1) is 21.2. The lowest BCUT2D eigenvalue weighted by Gasteiger charge is -2.24. The van der Waals surface area contributed by atoms with E-state index in [2.05, 4.69) is 0 Å². The highest BCUT2D eigenvalue weighted by molar-refractivity contribution is 7.10. The lowest BCUT2D eigenvalue weighted by Crippen LogP contribution is -2.29. The van der Waals surface area contributed by atoms with Gasteiger partial charge in [-0.25, -0.2) is 0 Å². The Morgan fingerprint density at radius 3 is 2.42 bits per heavy atom. The highest BCUT2D eigenvalue weighted by Crippen LogP contribution is 2.43. The number of nitrogens with zero attached hydrogens (tertiary/aromatic N) is 1. The molecule has 2 aromatic carbocycles. The van der Waals surface area contributed by atoms with E-state index < -0.39 is 17.7 Å². The van der Waals surface area contributed by atoms with Crippen LogP contribution in [0.25, 0.3) is 5.76 Å². The number of aliphatic hydroxyl groups is 1. The number of anilines is 1. The predicted octanol–water partition coefficient (Wildman–Crippen LogP) is 5.82. The molecule has 0 spiro atoms. The number of rotatable bonds is 6. The van der Waals surface area contributed by atoms with Gasteiger partial charge in [-0.15, -0.1) is 11.3 Å². The van der Waals surface area contributed by atoms with Crippen LogP contribution in [0.4, 0.5) is 5.69 Å². The summed E-state index contributed by atoms with van der Waals surface area (Å²) >= 11 is 7.41. The van der Waals surface area contributed by atoms with Crippen LogP contribution in [-0.2, 0) is 9.59 Å². The predicted molar refractivity (Wildman–Crippen MR) is 123 cm³/mol. The molecule has 1 N–H and O–H groups in total. The molecule has 31 heavy (non-hydrogen) atoms. The molecule has 0 saturated carbocycles. The van der Waals surface area contributed by atoms with Crippen molar-refractivity contribution in [1.29, 1.82) is 0 Å². The van der Waals surface area contributed by atoms with E-state index in [9.17, 15) is 14.7 Å². The Bertz CT molecular complexity index is 1120. The molecule has 4 rings (SSSR count). The Morgan fingerprint density at radius 1 is 1.10 bits per heavy atom. The van der Waals surface area contributed by atoms with Crippen molar-refractivity contribution in [2.24, 2.45) is 0 Å². The summed E-state index contributed by atoms with van der Waals surface area (Å²) < 4.78 is 5.58. The van der Waals surface area contributed by atoms with E-state index in [4.69, 9.17) is 16.3 Å². The van der Waals surface area contributed by atoms with Gasteiger partial charge in [0.2, 0.25) is 0 Å². The lowest BCUT2D eigenvalue weighted by atomic mass is 9.99. The summed E-state index contributed by atoms with van der Waals surface area (Å²) in [6.07, 6.45) is 0.886. The number of ether oxygens (including phenoxy) is 1. The molecule has 2 heterocycles. The first-order chi connectivity index (χ1) is 15.0. The number of amides is 1. The fraction of sp³-hybridized carbons (Fsp3) is 0.167. The Labute approximate surface area is 189 Å². The number of hydrogen-bond acceptors (Lipinski definition) is 5. The average Bonchev–Trinajstić information content (AvgIpc) is 3.40. The molecule has 3 aromatic rings. The lowest BCUT2D eigenvalue weighted by molar-refractivity contribution is -0.132. The van der Waals surface area contributed by atoms with E-state index in [1.54, 1.807) is 48.5 Å². The summed E-state index contributed by atoms with van der Waals surface area (Å²) in [5, 5.41) is 13.5. The largest absolute Gasteiger partial charge is 0.507 e. The molecule has 158 valence electrons. The Morgan fingerprint density at radius 2 is 1.81 bits per heavy atom. The zero-order valence-corrected chi connectivity index (χ0v) is 18.3. The Balaban J connectivity index is 1.80. The van der Waals surface area contributed by atoms with E-state index >= 15 is 0 Å². The van der Waals surface area contributed by atoms with Crippen molar-refractivity contribution >= 4 is 46.1 Å². The number of hydrogen-bond donors (Lipinski definition) is 1. The third-order valence-electron chi connectivity index (χ3n) is 4.96. The van der Waals surface area contributed by atoms with E-state index in [1.807, 2.05) is 24.4 Å². The second-order valence-corrected chi connectivity index (χ2v) is 8.45. The molecule has 7 heteroatoms. The summed E-state index contributed by atoms with van der Waals surface area (Å²) in [6, 6.07) is 16.5. The van der Waals surface area contributed by atoms with Gasteiger partial charge in [0.05, 0.1) is 12.2 Å². The molecule has 1 unspecified atom stereocenters. The van der Waals surface area contributed by atoms with E-state index in [0.29, 0.717) is 28.6 Å². The highest BCUT2D eigenvalue weighted by atomic mass is 35.5. The van der Waals surface area contributed by atoms with E-state index in [0.717, 1.165) is 11.3 Å². The van der Waals surface area contributed by atoms with Gasteiger partial charge in [0.1, 0.15) is 17.6 Å². The van der Waals surface area contributed by atoms with Crippen molar-refractivity contribution < 1.29 is 19.4 Å². The maximum absolute atomic E-state index is 13.0. The quantitative estimate of drug-likeness (QED) is 0.290. The van der Waals surface area contributed by atoms with Crippen LogP contribution in [0.1, 0.15) is 29.8 Å². The molecular weight excluding hydrogens is 434 g/mol. The van der Waals surface area contributed by atoms with Crippen LogP contribution < -0.4 is 9.64 Å². The van der Waals surface area contributed by atoms with Gasteiger partial charge in [-0.3, -0.25) is 14.5 Å². The van der Waals surface area contributed by atoms with Crippen molar-refractivity contribution in [2.45, 2.75) is 19.4 Å². The molecule has 1 aromatic heterocycles. The third-order valence-corrected chi connectivity index (χ3v) is 6.14. The molecule has 1 saturated heterocycles. The van der Waals surface area contributed by atoms with Crippen LogP contribution in [0.3, 0.4) is 0 Å². The van der Waals surface area contributed by atoms with Crippen molar-refractivity contribution in [2.75, 3.05) is 11.5 Å². The van der Waals surface area contributed by atoms with Gasteiger partial charge in [0, 0.05) is 21.2 Å². The molecule has 1 atom stereocenters. The van der Waals surface area contributed by atoms with Crippen LogP contribution in [0.2, 0.25) is 5.02 Å². The van der Waals surface area contributed by atoms with Crippen LogP contribution in [0, 0.1) is 0 Å². The minimum absolute atomic E-state index is 0.0598. The van der Waals surface area contributed by atoms with Gasteiger partial charge in [0.15, 0.2) is 0 Å². The summed E-state index contributed by atoms with van der Waals surface area (Å²) in [6.45, 7) is 2.61. The SMILES string of the molecule is CCCOc1ccc(/C(O)=C2/C(=O)C(=O)N(c3ccc(Cl)cc3)C2c2cccs2)cc1. The van der Waals surface area contributed by atoms with E-state index in [1.165, 1.54) is 16.2 Å². The zero-order chi connectivity index (χ0) is 22.0. The first-order valence-corrected chi connectivity index (χ1v) is 11.1. The van der Waals surface area contributed by atoms with Crippen LogP contribution in [-0.4, -0.2) is 23.4 Å².